The number of hydrogen-bond acceptors (Lipinski definition) is 2. The standard InChI is InChI=1S/C7H8Cl2N2O2/c1-4-6(12)11(7(13)10-4)3-5(9)2-8/h2,4H,3H2,1H3,(H,10,13)/b5-2-. The summed E-state index contributed by atoms with van der Waals surface area (Å²) in [6.07, 6.45) is 0. The van der Waals surface area contributed by atoms with Crippen LogP contribution in [0, 0.1) is 0 Å². The fourth-order valence-corrected chi connectivity index (χ4v) is 1.18. The second-order valence-electron chi connectivity index (χ2n) is 2.65. The van der Waals surface area contributed by atoms with Crippen LogP contribution in [0.25, 0.3) is 0 Å². The first-order valence-corrected chi connectivity index (χ1v) is 4.44. The number of nitrogens with zero attached hydrogens (tertiary/aromatic N) is 1. The van der Waals surface area contributed by atoms with Crippen LogP contribution in [0.15, 0.2) is 10.6 Å². The van der Waals surface area contributed by atoms with Crippen LogP contribution in [0.3, 0.4) is 0 Å². The summed E-state index contributed by atoms with van der Waals surface area (Å²) >= 11 is 10.9. The molecule has 1 fully saturated rings. The molecule has 6 heteroatoms. The van der Waals surface area contributed by atoms with Crippen molar-refractivity contribution in [1.29, 1.82) is 0 Å². The fraction of sp³-hybridized carbons (Fsp3) is 0.429. The summed E-state index contributed by atoms with van der Waals surface area (Å²) in [5.41, 5.74) is 1.13. The van der Waals surface area contributed by atoms with E-state index in [9.17, 15) is 9.59 Å². The van der Waals surface area contributed by atoms with Crippen LogP contribution >= 0.6 is 23.2 Å². The maximum absolute atomic E-state index is 11.3. The predicted molar refractivity (Wildman–Crippen MR) is 49.5 cm³/mol. The summed E-state index contributed by atoms with van der Waals surface area (Å²) in [6, 6.07) is -0.915. The van der Waals surface area contributed by atoms with E-state index in [2.05, 4.69) is 5.32 Å². The predicted octanol–water partition coefficient (Wildman–Crippen LogP) is 1.25. The molecule has 1 aliphatic heterocycles. The molecule has 1 rings (SSSR count). The van der Waals surface area contributed by atoms with E-state index in [-0.39, 0.29) is 17.5 Å². The van der Waals surface area contributed by atoms with Crippen LogP contribution in [0.4, 0.5) is 4.79 Å². The van der Waals surface area contributed by atoms with Crippen molar-refractivity contribution < 1.29 is 9.59 Å². The van der Waals surface area contributed by atoms with Gasteiger partial charge in [-0.25, -0.2) is 4.79 Å². The highest BCUT2D eigenvalue weighted by Gasteiger charge is 2.34. The molecule has 0 radical (unpaired) electrons. The highest BCUT2D eigenvalue weighted by molar-refractivity contribution is 6.36. The summed E-state index contributed by atoms with van der Waals surface area (Å²) < 4.78 is 0. The van der Waals surface area contributed by atoms with Crippen molar-refractivity contribution in [2.24, 2.45) is 0 Å². The molecule has 1 N–H and O–H groups in total. The van der Waals surface area contributed by atoms with E-state index in [0.29, 0.717) is 0 Å². The first kappa shape index (κ1) is 10.3. The van der Waals surface area contributed by atoms with Crippen LogP contribution in [0.5, 0.6) is 0 Å². The first-order valence-electron chi connectivity index (χ1n) is 3.63. The molecular weight excluding hydrogens is 215 g/mol. The molecule has 1 atom stereocenters. The van der Waals surface area contributed by atoms with Gasteiger partial charge >= 0.3 is 6.03 Å². The van der Waals surface area contributed by atoms with Gasteiger partial charge in [0.05, 0.1) is 6.54 Å². The minimum Gasteiger partial charge on any atom is -0.326 e. The lowest BCUT2D eigenvalue weighted by molar-refractivity contribution is -0.126. The minimum atomic E-state index is -0.479. The van der Waals surface area contributed by atoms with E-state index < -0.39 is 12.1 Å². The Morgan fingerprint density at radius 1 is 1.69 bits per heavy atom. The summed E-state index contributed by atoms with van der Waals surface area (Å²) in [6.45, 7) is 1.64. The lowest BCUT2D eigenvalue weighted by Crippen LogP contribution is -2.32. The molecule has 0 spiro atoms. The quantitative estimate of drug-likeness (QED) is 0.716. The molecule has 0 bridgehead atoms. The molecule has 0 saturated carbocycles. The number of carbonyl (C=O) groups is 2. The van der Waals surface area contributed by atoms with Gasteiger partial charge in [-0.3, -0.25) is 9.69 Å². The third-order valence-electron chi connectivity index (χ3n) is 1.65. The summed E-state index contributed by atoms with van der Waals surface area (Å²) in [4.78, 5) is 23.4. The smallest absolute Gasteiger partial charge is 0.325 e. The highest BCUT2D eigenvalue weighted by atomic mass is 35.5. The number of nitrogens with one attached hydrogen (secondary N) is 1. The van der Waals surface area contributed by atoms with E-state index in [4.69, 9.17) is 23.2 Å². The second kappa shape index (κ2) is 3.98. The SMILES string of the molecule is CC1NC(=O)N(C/C(Cl)=C/Cl)C1=O. The lowest BCUT2D eigenvalue weighted by atomic mass is 10.3. The molecule has 13 heavy (non-hydrogen) atoms. The number of amides is 3. The summed E-state index contributed by atoms with van der Waals surface area (Å²) in [7, 11) is 0. The largest absolute Gasteiger partial charge is 0.326 e. The van der Waals surface area contributed by atoms with Crippen molar-refractivity contribution in [1.82, 2.24) is 10.2 Å². The number of imide groups is 1. The van der Waals surface area contributed by atoms with Crippen molar-refractivity contribution in [3.05, 3.63) is 10.6 Å². The average molecular weight is 223 g/mol. The highest BCUT2D eigenvalue weighted by Crippen LogP contribution is 2.11. The zero-order chi connectivity index (χ0) is 10.0. The monoisotopic (exact) mass is 222 g/mol. The van der Waals surface area contributed by atoms with Gasteiger partial charge in [0.1, 0.15) is 6.04 Å². The van der Waals surface area contributed by atoms with E-state index >= 15 is 0 Å². The minimum absolute atomic E-state index is 0.0278. The average Bonchev–Trinajstić information content (AvgIpc) is 2.32. The van der Waals surface area contributed by atoms with Crippen LogP contribution in [-0.2, 0) is 4.79 Å². The number of carbonyl (C=O) groups excluding carboxylic acids is 2. The number of urea groups is 1. The summed E-state index contributed by atoms with van der Waals surface area (Å²) in [5, 5.41) is 2.70. The van der Waals surface area contributed by atoms with Gasteiger partial charge in [0.15, 0.2) is 0 Å². The van der Waals surface area contributed by atoms with E-state index in [0.717, 1.165) is 10.4 Å². The number of rotatable bonds is 2. The zero-order valence-corrected chi connectivity index (χ0v) is 8.39. The molecule has 1 aliphatic rings. The Balaban J connectivity index is 2.70. The van der Waals surface area contributed by atoms with Crippen LogP contribution < -0.4 is 5.32 Å². The van der Waals surface area contributed by atoms with Gasteiger partial charge in [-0.15, -0.1) is 0 Å². The number of hydrogen-bond donors (Lipinski definition) is 1. The molecule has 0 aromatic heterocycles. The van der Waals surface area contributed by atoms with Gasteiger partial charge in [-0.2, -0.15) is 0 Å². The van der Waals surface area contributed by atoms with Crippen molar-refractivity contribution in [2.75, 3.05) is 6.54 Å². The van der Waals surface area contributed by atoms with Crippen molar-refractivity contribution >= 4 is 35.1 Å². The normalized spacial score (nSPS) is 23.8. The maximum atomic E-state index is 11.3. The Hall–Kier alpha value is -0.740. The Bertz CT molecular complexity index is 278. The van der Waals surface area contributed by atoms with Crippen molar-refractivity contribution in [2.45, 2.75) is 13.0 Å². The molecule has 72 valence electrons. The molecule has 0 aliphatic carbocycles. The second-order valence-corrected chi connectivity index (χ2v) is 3.36. The van der Waals surface area contributed by atoms with E-state index in [1.807, 2.05) is 0 Å². The molecule has 0 aromatic rings. The third-order valence-corrected chi connectivity index (χ3v) is 2.25. The van der Waals surface area contributed by atoms with Gasteiger partial charge in [-0.1, -0.05) is 23.2 Å². The topological polar surface area (TPSA) is 49.4 Å². The Morgan fingerprint density at radius 3 is 2.69 bits per heavy atom. The first-order chi connectivity index (χ1) is 6.06. The fourth-order valence-electron chi connectivity index (χ4n) is 0.994. The van der Waals surface area contributed by atoms with Crippen LogP contribution in [0.2, 0.25) is 0 Å². The zero-order valence-electron chi connectivity index (χ0n) is 6.88. The maximum Gasteiger partial charge on any atom is 0.325 e. The van der Waals surface area contributed by atoms with Gasteiger partial charge in [0, 0.05) is 10.6 Å². The molecule has 0 aromatic carbocycles. The Kier molecular flexibility index (Phi) is 3.17. The van der Waals surface area contributed by atoms with Crippen LogP contribution in [0.1, 0.15) is 6.92 Å². The molecule has 3 amide bonds. The Labute approximate surface area is 85.5 Å². The Morgan fingerprint density at radius 2 is 2.31 bits per heavy atom. The van der Waals surface area contributed by atoms with Crippen molar-refractivity contribution in [3.8, 4) is 0 Å². The molecule has 1 saturated heterocycles. The van der Waals surface area contributed by atoms with E-state index in [1.165, 1.54) is 0 Å². The van der Waals surface area contributed by atoms with Crippen molar-refractivity contribution in [3.63, 3.8) is 0 Å². The van der Waals surface area contributed by atoms with Crippen LogP contribution in [-0.4, -0.2) is 29.4 Å². The van der Waals surface area contributed by atoms with Gasteiger partial charge in [0.25, 0.3) is 5.91 Å². The third kappa shape index (κ3) is 2.14. The molecular formula is C7H8Cl2N2O2. The molecule has 1 heterocycles. The van der Waals surface area contributed by atoms with Gasteiger partial charge in [0.2, 0.25) is 0 Å². The molecule has 4 nitrogen and oxygen atoms in total. The van der Waals surface area contributed by atoms with E-state index in [1.54, 1.807) is 6.92 Å². The molecule has 1 unspecified atom stereocenters. The lowest BCUT2D eigenvalue weighted by Gasteiger charge is -2.10. The van der Waals surface area contributed by atoms with Gasteiger partial charge < -0.3 is 5.32 Å². The summed E-state index contributed by atoms with van der Waals surface area (Å²) in [5.74, 6) is -0.290. The van der Waals surface area contributed by atoms with Gasteiger partial charge in [-0.05, 0) is 6.92 Å². The number of halogens is 2.